The zero-order valence-corrected chi connectivity index (χ0v) is 22.9. The van der Waals surface area contributed by atoms with Crippen molar-refractivity contribution in [1.29, 1.82) is 0 Å². The molecule has 0 bridgehead atoms. The summed E-state index contributed by atoms with van der Waals surface area (Å²) in [5, 5.41) is 14.8. The van der Waals surface area contributed by atoms with Crippen molar-refractivity contribution in [1.82, 2.24) is 14.9 Å². The number of aliphatic hydroxyl groups is 1. The standard InChI is InChI=1S/C29H31N3O8/c1-5-29(36)19-10-21-24-17(12-32(21)25(33)18(19)13-37-26(29)34)15(7-6-8-30-27(35)40-28(2,3)4)16-9-22-23(39-14-38-22)11-20(16)31-24/h9-11,36H,5-8,12-14H2,1-4H3,(H,30,35)/t29-/m0/s1. The molecule has 2 aromatic heterocycles. The molecule has 0 saturated carbocycles. The highest BCUT2D eigenvalue weighted by Crippen LogP contribution is 2.43. The highest BCUT2D eigenvalue weighted by atomic mass is 16.7. The Labute approximate surface area is 230 Å². The molecular weight excluding hydrogens is 518 g/mol. The molecule has 1 aromatic carbocycles. The summed E-state index contributed by atoms with van der Waals surface area (Å²) in [6, 6.07) is 5.42. The number of carbonyl (C=O) groups excluding carboxylic acids is 2. The molecular formula is C29H31N3O8. The van der Waals surface area contributed by atoms with Gasteiger partial charge < -0.3 is 33.9 Å². The average Bonchev–Trinajstić information content (AvgIpc) is 3.50. The maximum atomic E-state index is 13.6. The van der Waals surface area contributed by atoms with Crippen molar-refractivity contribution in [2.24, 2.45) is 0 Å². The van der Waals surface area contributed by atoms with Crippen LogP contribution in [0.15, 0.2) is 23.0 Å². The van der Waals surface area contributed by atoms with Gasteiger partial charge in [0.25, 0.3) is 5.56 Å². The lowest BCUT2D eigenvalue weighted by Gasteiger charge is -2.31. The van der Waals surface area contributed by atoms with Crippen LogP contribution in [0, 0.1) is 0 Å². The van der Waals surface area contributed by atoms with Crippen LogP contribution >= 0.6 is 0 Å². The number of amides is 1. The lowest BCUT2D eigenvalue weighted by atomic mass is 9.86. The third-order valence-electron chi connectivity index (χ3n) is 7.57. The summed E-state index contributed by atoms with van der Waals surface area (Å²) >= 11 is 0. The van der Waals surface area contributed by atoms with Gasteiger partial charge in [-0.2, -0.15) is 0 Å². The van der Waals surface area contributed by atoms with Gasteiger partial charge in [0.2, 0.25) is 6.79 Å². The van der Waals surface area contributed by atoms with Crippen molar-refractivity contribution in [2.75, 3.05) is 13.3 Å². The third-order valence-corrected chi connectivity index (χ3v) is 7.57. The minimum Gasteiger partial charge on any atom is -0.458 e. The van der Waals surface area contributed by atoms with Crippen LogP contribution in [0.5, 0.6) is 11.5 Å². The van der Waals surface area contributed by atoms with Gasteiger partial charge >= 0.3 is 12.1 Å². The fourth-order valence-electron chi connectivity index (χ4n) is 5.61. The van der Waals surface area contributed by atoms with E-state index in [-0.39, 0.29) is 43.1 Å². The molecule has 0 unspecified atom stereocenters. The number of aryl methyl sites for hydroxylation is 1. The van der Waals surface area contributed by atoms with Gasteiger partial charge in [-0.3, -0.25) is 4.79 Å². The molecule has 0 fully saturated rings. The number of esters is 1. The Kier molecular flexibility index (Phi) is 6.02. The van der Waals surface area contributed by atoms with Crippen molar-refractivity contribution in [3.05, 3.63) is 50.8 Å². The fraction of sp³-hybridized carbons (Fsp3) is 0.448. The summed E-state index contributed by atoms with van der Waals surface area (Å²) in [5.41, 5.74) is 1.39. The number of alkyl carbamates (subject to hydrolysis) is 1. The van der Waals surface area contributed by atoms with E-state index in [2.05, 4.69) is 5.32 Å². The van der Waals surface area contributed by atoms with Gasteiger partial charge in [0.15, 0.2) is 17.1 Å². The normalized spacial score (nSPS) is 18.7. The molecule has 5 heterocycles. The summed E-state index contributed by atoms with van der Waals surface area (Å²) in [5.74, 6) is 0.443. The largest absolute Gasteiger partial charge is 0.458 e. The summed E-state index contributed by atoms with van der Waals surface area (Å²) in [6.07, 6.45) is 0.781. The number of fused-ring (bicyclic) bond motifs is 6. The lowest BCUT2D eigenvalue weighted by molar-refractivity contribution is -0.172. The molecule has 40 heavy (non-hydrogen) atoms. The van der Waals surface area contributed by atoms with E-state index in [1.807, 2.05) is 32.9 Å². The Bertz CT molecular complexity index is 1640. The van der Waals surface area contributed by atoms with Crippen molar-refractivity contribution in [3.8, 4) is 22.9 Å². The predicted octanol–water partition coefficient (Wildman–Crippen LogP) is 3.27. The van der Waals surface area contributed by atoms with Gasteiger partial charge in [-0.05, 0) is 57.7 Å². The van der Waals surface area contributed by atoms with Crippen LogP contribution < -0.4 is 20.3 Å². The van der Waals surface area contributed by atoms with Crippen molar-refractivity contribution in [3.63, 3.8) is 0 Å². The van der Waals surface area contributed by atoms with E-state index >= 15 is 0 Å². The summed E-state index contributed by atoms with van der Waals surface area (Å²) in [7, 11) is 0. The van der Waals surface area contributed by atoms with Crippen molar-refractivity contribution in [2.45, 2.75) is 71.3 Å². The van der Waals surface area contributed by atoms with Crippen LogP contribution in [0.1, 0.15) is 62.8 Å². The molecule has 0 spiro atoms. The number of ether oxygens (including phenoxy) is 4. The van der Waals surface area contributed by atoms with E-state index in [9.17, 15) is 19.5 Å². The van der Waals surface area contributed by atoms with Crippen molar-refractivity contribution >= 4 is 23.0 Å². The molecule has 0 radical (unpaired) electrons. The molecule has 1 atom stereocenters. The number of rotatable bonds is 5. The molecule has 210 valence electrons. The first-order chi connectivity index (χ1) is 19.0. The minimum atomic E-state index is -1.90. The fourth-order valence-corrected chi connectivity index (χ4v) is 5.61. The van der Waals surface area contributed by atoms with E-state index < -0.39 is 23.3 Å². The Balaban J connectivity index is 1.43. The summed E-state index contributed by atoms with van der Waals surface area (Å²) < 4.78 is 23.4. The van der Waals surface area contributed by atoms with Crippen molar-refractivity contribution < 1.29 is 33.6 Å². The molecule has 3 aliphatic rings. The van der Waals surface area contributed by atoms with E-state index in [0.717, 1.165) is 16.5 Å². The number of hydrogen-bond donors (Lipinski definition) is 2. The number of aromatic nitrogens is 2. The van der Waals surface area contributed by atoms with E-state index in [1.165, 1.54) is 0 Å². The molecule has 3 aliphatic heterocycles. The maximum absolute atomic E-state index is 13.6. The first kappa shape index (κ1) is 26.1. The number of cyclic esters (lactones) is 1. The highest BCUT2D eigenvalue weighted by molar-refractivity contribution is 5.91. The van der Waals surface area contributed by atoms with Crippen LogP contribution in [0.25, 0.3) is 22.3 Å². The predicted molar refractivity (Wildman–Crippen MR) is 143 cm³/mol. The molecule has 6 rings (SSSR count). The number of hydrogen-bond acceptors (Lipinski definition) is 9. The molecule has 1 amide bonds. The second kappa shape index (κ2) is 9.22. The zero-order chi connectivity index (χ0) is 28.4. The third kappa shape index (κ3) is 4.16. The quantitative estimate of drug-likeness (QED) is 0.284. The van der Waals surface area contributed by atoms with E-state index in [0.29, 0.717) is 47.8 Å². The van der Waals surface area contributed by atoms with E-state index in [1.54, 1.807) is 17.6 Å². The monoisotopic (exact) mass is 549 g/mol. The topological polar surface area (TPSA) is 138 Å². The molecule has 0 saturated heterocycles. The number of pyridine rings is 2. The first-order valence-corrected chi connectivity index (χ1v) is 13.4. The number of nitrogens with zero attached hydrogens (tertiary/aromatic N) is 2. The van der Waals surface area contributed by atoms with E-state index in [4.69, 9.17) is 23.9 Å². The molecule has 2 N–H and O–H groups in total. The highest BCUT2D eigenvalue weighted by Gasteiger charge is 2.45. The average molecular weight is 550 g/mol. The van der Waals surface area contributed by atoms with Gasteiger partial charge in [0, 0.05) is 29.1 Å². The Morgan fingerprint density at radius 2 is 1.90 bits per heavy atom. The Morgan fingerprint density at radius 1 is 1.15 bits per heavy atom. The van der Waals surface area contributed by atoms with Gasteiger partial charge in [0.05, 0.1) is 29.0 Å². The zero-order valence-electron chi connectivity index (χ0n) is 22.9. The van der Waals surface area contributed by atoms with Crippen LogP contribution in [-0.4, -0.2) is 45.7 Å². The molecule has 3 aromatic rings. The second-order valence-electron chi connectivity index (χ2n) is 11.3. The lowest BCUT2D eigenvalue weighted by Crippen LogP contribution is -2.44. The molecule has 11 heteroatoms. The molecule has 0 aliphatic carbocycles. The molecule has 11 nitrogen and oxygen atoms in total. The maximum Gasteiger partial charge on any atom is 0.407 e. The van der Waals surface area contributed by atoms with Crippen LogP contribution in [0.3, 0.4) is 0 Å². The summed E-state index contributed by atoms with van der Waals surface area (Å²) in [6.45, 7) is 7.71. The number of benzene rings is 1. The van der Waals surface area contributed by atoms with Gasteiger partial charge in [-0.25, -0.2) is 14.6 Å². The van der Waals surface area contributed by atoms with Gasteiger partial charge in [-0.1, -0.05) is 6.92 Å². The number of nitrogens with one attached hydrogen (secondary N) is 1. The Hall–Kier alpha value is -4.12. The first-order valence-electron chi connectivity index (χ1n) is 13.4. The van der Waals surface area contributed by atoms with Gasteiger partial charge in [0.1, 0.15) is 12.2 Å². The Morgan fingerprint density at radius 3 is 2.62 bits per heavy atom. The van der Waals surface area contributed by atoms with Gasteiger partial charge in [-0.15, -0.1) is 0 Å². The van der Waals surface area contributed by atoms with Crippen LogP contribution in [0.4, 0.5) is 4.79 Å². The summed E-state index contributed by atoms with van der Waals surface area (Å²) in [4.78, 5) is 43.2. The SMILES string of the molecule is CC[C@@]1(O)C(=O)OCc2c1cc1n(c2=O)Cc2c-1nc1cc3c(cc1c2CCCNC(=O)OC(C)(C)C)OCO3. The number of carbonyl (C=O) groups is 2. The van der Waals surface area contributed by atoms with Crippen LogP contribution in [-0.2, 0) is 39.4 Å². The minimum absolute atomic E-state index is 0.0686. The smallest absolute Gasteiger partial charge is 0.407 e. The van der Waals surface area contributed by atoms with Crippen LogP contribution in [0.2, 0.25) is 0 Å². The second-order valence-corrected chi connectivity index (χ2v) is 11.3.